The second-order valence-electron chi connectivity index (χ2n) is 5.63. The van der Waals surface area contributed by atoms with Gasteiger partial charge in [-0.05, 0) is 23.8 Å². The highest BCUT2D eigenvalue weighted by molar-refractivity contribution is 7.22. The van der Waals surface area contributed by atoms with Gasteiger partial charge < -0.3 is 0 Å². The van der Waals surface area contributed by atoms with Crippen LogP contribution in [0.5, 0.6) is 0 Å². The molecule has 0 radical (unpaired) electrons. The number of aromatic nitrogens is 1. The second kappa shape index (κ2) is 7.37. The van der Waals surface area contributed by atoms with Crippen molar-refractivity contribution in [3.8, 4) is 0 Å². The lowest BCUT2D eigenvalue weighted by molar-refractivity contribution is 0.103. The molecule has 3 nitrogen and oxygen atoms in total. The van der Waals surface area contributed by atoms with Gasteiger partial charge in [0.05, 0.1) is 5.02 Å². The van der Waals surface area contributed by atoms with Crippen LogP contribution in [0.15, 0.2) is 54.7 Å². The number of amides is 1. The van der Waals surface area contributed by atoms with Crippen LogP contribution in [0.1, 0.15) is 20.1 Å². The van der Waals surface area contributed by atoms with Crippen molar-refractivity contribution in [3.63, 3.8) is 0 Å². The van der Waals surface area contributed by atoms with E-state index < -0.39 is 0 Å². The molecule has 0 bridgehead atoms. The number of rotatable bonds is 4. The largest absolute Gasteiger partial charge is 0.297 e. The smallest absolute Gasteiger partial charge is 0.269 e. The van der Waals surface area contributed by atoms with E-state index in [1.54, 1.807) is 6.20 Å². The third-order valence-electron chi connectivity index (χ3n) is 3.78. The number of hydrogen-bond acceptors (Lipinski definition) is 4. The van der Waals surface area contributed by atoms with Gasteiger partial charge in [-0.25, -0.2) is 4.98 Å². The summed E-state index contributed by atoms with van der Waals surface area (Å²) in [6.45, 7) is 0. The quantitative estimate of drug-likeness (QED) is 0.410. The third-order valence-corrected chi connectivity index (χ3v) is 6.60. The van der Waals surface area contributed by atoms with Crippen LogP contribution >= 0.6 is 45.9 Å². The van der Waals surface area contributed by atoms with Crippen molar-refractivity contribution in [1.29, 1.82) is 0 Å². The molecule has 4 aromatic rings. The first kappa shape index (κ1) is 17.5. The van der Waals surface area contributed by atoms with Crippen LogP contribution in [0, 0.1) is 0 Å². The molecule has 0 atom stereocenters. The zero-order valence-corrected chi connectivity index (χ0v) is 16.5. The maximum absolute atomic E-state index is 12.6. The number of nitrogens with zero attached hydrogens (tertiary/aromatic N) is 1. The molecule has 7 heteroatoms. The molecule has 0 saturated carbocycles. The number of anilines is 1. The predicted octanol–water partition coefficient (Wildman–Crippen LogP) is 6.51. The minimum absolute atomic E-state index is 0.236. The first-order chi connectivity index (χ1) is 12.6. The standard InChI is InChI=1S/C19H12Cl2N2OS2/c20-12-5-3-4-11(8-12)9-13-10-22-19(25-13)23-18(24)17-16(21)14-6-1-2-7-15(14)26-17/h1-8,10H,9H2,(H,22,23,24). The zero-order chi connectivity index (χ0) is 18.1. The van der Waals surface area contributed by atoms with Crippen LogP contribution in [0.2, 0.25) is 10.0 Å². The minimum atomic E-state index is -0.236. The van der Waals surface area contributed by atoms with Gasteiger partial charge in [-0.2, -0.15) is 0 Å². The highest BCUT2D eigenvalue weighted by Gasteiger charge is 2.18. The summed E-state index contributed by atoms with van der Waals surface area (Å²) >= 11 is 15.2. The maximum Gasteiger partial charge on any atom is 0.269 e. The average Bonchev–Trinajstić information content (AvgIpc) is 3.20. The highest BCUT2D eigenvalue weighted by Crippen LogP contribution is 2.35. The van der Waals surface area contributed by atoms with E-state index >= 15 is 0 Å². The summed E-state index contributed by atoms with van der Waals surface area (Å²) < 4.78 is 0.989. The Morgan fingerprint density at radius 1 is 1.08 bits per heavy atom. The van der Waals surface area contributed by atoms with E-state index in [9.17, 15) is 4.79 Å². The van der Waals surface area contributed by atoms with Crippen molar-refractivity contribution >= 4 is 67.0 Å². The molecule has 0 fully saturated rings. The fourth-order valence-corrected chi connectivity index (χ4v) is 5.08. The van der Waals surface area contributed by atoms with E-state index in [-0.39, 0.29) is 5.91 Å². The van der Waals surface area contributed by atoms with Gasteiger partial charge in [-0.1, -0.05) is 53.5 Å². The Hall–Kier alpha value is -1.92. The second-order valence-corrected chi connectivity index (χ2v) is 8.62. The summed E-state index contributed by atoms with van der Waals surface area (Å²) in [6, 6.07) is 15.4. The van der Waals surface area contributed by atoms with Gasteiger partial charge in [0.2, 0.25) is 0 Å². The molecule has 0 unspecified atom stereocenters. The molecule has 0 saturated heterocycles. The molecule has 2 aromatic heterocycles. The lowest BCUT2D eigenvalue weighted by atomic mass is 10.1. The first-order valence-electron chi connectivity index (χ1n) is 7.77. The maximum atomic E-state index is 12.6. The first-order valence-corrected chi connectivity index (χ1v) is 10.2. The number of fused-ring (bicyclic) bond motifs is 1. The van der Waals surface area contributed by atoms with Crippen molar-refractivity contribution in [2.75, 3.05) is 5.32 Å². The monoisotopic (exact) mass is 418 g/mol. The van der Waals surface area contributed by atoms with Gasteiger partial charge in [-0.3, -0.25) is 10.1 Å². The molecule has 1 amide bonds. The Kier molecular flexibility index (Phi) is 4.96. The Bertz CT molecular complexity index is 1100. The minimum Gasteiger partial charge on any atom is -0.297 e. The molecular formula is C19H12Cl2N2OS2. The number of thiophene rings is 1. The summed E-state index contributed by atoms with van der Waals surface area (Å²) in [6.07, 6.45) is 2.49. The van der Waals surface area contributed by atoms with Crippen LogP contribution in [0.3, 0.4) is 0 Å². The number of carbonyl (C=O) groups is 1. The van der Waals surface area contributed by atoms with Crippen LogP contribution < -0.4 is 5.32 Å². The van der Waals surface area contributed by atoms with E-state index in [4.69, 9.17) is 23.2 Å². The fourth-order valence-electron chi connectivity index (χ4n) is 2.61. The third kappa shape index (κ3) is 3.62. The number of nitrogens with one attached hydrogen (secondary N) is 1. The van der Waals surface area contributed by atoms with Gasteiger partial charge in [0, 0.05) is 32.6 Å². The van der Waals surface area contributed by atoms with Gasteiger partial charge in [-0.15, -0.1) is 22.7 Å². The summed E-state index contributed by atoms with van der Waals surface area (Å²) in [4.78, 5) is 18.4. The van der Waals surface area contributed by atoms with Crippen LogP contribution in [0.25, 0.3) is 10.1 Å². The molecule has 0 aliphatic rings. The molecule has 26 heavy (non-hydrogen) atoms. The van der Waals surface area contributed by atoms with Crippen LogP contribution in [-0.4, -0.2) is 10.9 Å². The molecule has 4 rings (SSSR count). The Morgan fingerprint density at radius 2 is 1.92 bits per heavy atom. The van der Waals surface area contributed by atoms with Crippen molar-refractivity contribution in [2.45, 2.75) is 6.42 Å². The SMILES string of the molecule is O=C(Nc1ncc(Cc2cccc(Cl)c2)s1)c1sc2ccccc2c1Cl. The van der Waals surface area contributed by atoms with Crippen molar-refractivity contribution in [1.82, 2.24) is 4.98 Å². The zero-order valence-electron chi connectivity index (χ0n) is 13.3. The Morgan fingerprint density at radius 3 is 2.73 bits per heavy atom. The van der Waals surface area contributed by atoms with Crippen molar-refractivity contribution in [3.05, 3.63) is 80.1 Å². The molecule has 2 heterocycles. The summed E-state index contributed by atoms with van der Waals surface area (Å²) in [5, 5.41) is 5.49. The molecule has 0 spiro atoms. The summed E-state index contributed by atoms with van der Waals surface area (Å²) in [7, 11) is 0. The number of benzene rings is 2. The fraction of sp³-hybridized carbons (Fsp3) is 0.0526. The number of thiazole rings is 1. The average molecular weight is 419 g/mol. The van der Waals surface area contributed by atoms with E-state index in [0.29, 0.717) is 20.1 Å². The van der Waals surface area contributed by atoms with E-state index in [1.807, 2.05) is 48.5 Å². The molecule has 0 aliphatic heterocycles. The number of carbonyl (C=O) groups excluding carboxylic acids is 1. The molecule has 0 aliphatic carbocycles. The molecule has 130 valence electrons. The lowest BCUT2D eigenvalue weighted by Gasteiger charge is -2.00. The van der Waals surface area contributed by atoms with Crippen LogP contribution in [-0.2, 0) is 6.42 Å². The summed E-state index contributed by atoms with van der Waals surface area (Å²) in [5.74, 6) is -0.236. The molecular weight excluding hydrogens is 407 g/mol. The van der Waals surface area contributed by atoms with E-state index in [2.05, 4.69) is 10.3 Å². The molecule has 2 aromatic carbocycles. The normalized spacial score (nSPS) is 11.0. The van der Waals surface area contributed by atoms with Gasteiger partial charge in [0.25, 0.3) is 5.91 Å². The van der Waals surface area contributed by atoms with Gasteiger partial charge in [0.15, 0.2) is 5.13 Å². The van der Waals surface area contributed by atoms with Crippen LogP contribution in [0.4, 0.5) is 5.13 Å². The van der Waals surface area contributed by atoms with Crippen molar-refractivity contribution < 1.29 is 4.79 Å². The van der Waals surface area contributed by atoms with Crippen molar-refractivity contribution in [2.24, 2.45) is 0 Å². The molecule has 1 N–H and O–H groups in total. The predicted molar refractivity (Wildman–Crippen MR) is 111 cm³/mol. The highest BCUT2D eigenvalue weighted by atomic mass is 35.5. The van der Waals surface area contributed by atoms with Gasteiger partial charge in [0.1, 0.15) is 4.88 Å². The van der Waals surface area contributed by atoms with E-state index in [1.165, 1.54) is 22.7 Å². The number of halogens is 2. The van der Waals surface area contributed by atoms with E-state index in [0.717, 1.165) is 26.9 Å². The lowest BCUT2D eigenvalue weighted by Crippen LogP contribution is -2.10. The topological polar surface area (TPSA) is 42.0 Å². The Labute approximate surface area is 168 Å². The van der Waals surface area contributed by atoms with Gasteiger partial charge >= 0.3 is 0 Å². The number of hydrogen-bond donors (Lipinski definition) is 1. The summed E-state index contributed by atoms with van der Waals surface area (Å²) in [5.41, 5.74) is 1.10. The Balaban J connectivity index is 1.51.